The highest BCUT2D eigenvalue weighted by molar-refractivity contribution is 5.95. The zero-order valence-electron chi connectivity index (χ0n) is 11.4. The highest BCUT2D eigenvalue weighted by Gasteiger charge is 2.09. The predicted octanol–water partition coefficient (Wildman–Crippen LogP) is 3.16. The van der Waals surface area contributed by atoms with Crippen molar-refractivity contribution in [3.8, 4) is 0 Å². The molecule has 102 valence electrons. The lowest BCUT2D eigenvalue weighted by Crippen LogP contribution is -2.08. The first kappa shape index (κ1) is 13.8. The van der Waals surface area contributed by atoms with Gasteiger partial charge in [-0.2, -0.15) is 0 Å². The molecule has 0 atom stereocenters. The second-order valence-corrected chi connectivity index (χ2v) is 4.21. The Labute approximate surface area is 117 Å². The fourth-order valence-electron chi connectivity index (χ4n) is 1.61. The van der Waals surface area contributed by atoms with Crippen molar-refractivity contribution in [3.63, 3.8) is 0 Å². The molecule has 0 aromatic heterocycles. The van der Waals surface area contributed by atoms with Gasteiger partial charge in [0, 0.05) is 5.56 Å². The minimum atomic E-state index is -0.521. The zero-order chi connectivity index (χ0) is 14.4. The highest BCUT2D eigenvalue weighted by atomic mass is 16.7. The molecule has 0 amide bonds. The Morgan fingerprint density at radius 2 is 1.60 bits per heavy atom. The summed E-state index contributed by atoms with van der Waals surface area (Å²) >= 11 is 0. The van der Waals surface area contributed by atoms with E-state index in [4.69, 9.17) is 9.57 Å². The largest absolute Gasteiger partial charge is 0.478 e. The van der Waals surface area contributed by atoms with Crippen LogP contribution in [0.1, 0.15) is 21.5 Å². The number of nitrogens with zero attached hydrogens (tertiary/aromatic N) is 1. The molecule has 0 N–H and O–H groups in total. The lowest BCUT2D eigenvalue weighted by molar-refractivity contribution is 0.0505. The zero-order valence-corrected chi connectivity index (χ0v) is 11.4. The number of benzene rings is 2. The standard InChI is InChI=1S/C16H15NO3/c1-12-8-10-13(11-9-12)15(19-2)17-20-16(18)14-6-4-3-5-7-14/h3-11H,1-2H3/b17-15+. The first-order chi connectivity index (χ1) is 9.70. The smallest absolute Gasteiger partial charge is 0.365 e. The van der Waals surface area contributed by atoms with E-state index in [0.717, 1.165) is 11.1 Å². The molecule has 4 heteroatoms. The summed E-state index contributed by atoms with van der Waals surface area (Å²) in [6.45, 7) is 1.99. The van der Waals surface area contributed by atoms with Gasteiger partial charge in [-0.15, -0.1) is 0 Å². The van der Waals surface area contributed by atoms with E-state index >= 15 is 0 Å². The van der Waals surface area contributed by atoms with Crippen molar-refractivity contribution in [2.75, 3.05) is 7.11 Å². The molecule has 0 aliphatic carbocycles. The van der Waals surface area contributed by atoms with Gasteiger partial charge in [0.1, 0.15) is 0 Å². The minimum absolute atomic E-state index is 0.259. The number of ether oxygens (including phenoxy) is 1. The Balaban J connectivity index is 2.12. The van der Waals surface area contributed by atoms with E-state index < -0.39 is 5.97 Å². The number of oxime groups is 1. The summed E-state index contributed by atoms with van der Waals surface area (Å²) in [6.07, 6.45) is 0. The Kier molecular flexibility index (Phi) is 4.50. The third-order valence-electron chi connectivity index (χ3n) is 2.71. The third-order valence-corrected chi connectivity index (χ3v) is 2.71. The second kappa shape index (κ2) is 6.52. The lowest BCUT2D eigenvalue weighted by atomic mass is 10.1. The summed E-state index contributed by atoms with van der Waals surface area (Å²) < 4.78 is 5.14. The SMILES string of the molecule is CO/C(=N/OC(=O)c1ccccc1)c1ccc(C)cc1. The number of rotatable bonds is 3. The fraction of sp³-hybridized carbons (Fsp3) is 0.125. The van der Waals surface area contributed by atoms with Gasteiger partial charge < -0.3 is 9.57 Å². The number of methoxy groups -OCH3 is 1. The van der Waals surface area contributed by atoms with E-state index in [2.05, 4.69) is 5.16 Å². The van der Waals surface area contributed by atoms with Gasteiger partial charge in [0.25, 0.3) is 5.90 Å². The molecule has 0 bridgehead atoms. The Bertz CT molecular complexity index is 603. The maximum atomic E-state index is 11.8. The molecular formula is C16H15NO3. The van der Waals surface area contributed by atoms with Gasteiger partial charge in [-0.25, -0.2) is 4.79 Å². The molecule has 2 rings (SSSR count). The van der Waals surface area contributed by atoms with Gasteiger partial charge in [-0.3, -0.25) is 0 Å². The van der Waals surface area contributed by atoms with Crippen LogP contribution in [-0.4, -0.2) is 19.0 Å². The van der Waals surface area contributed by atoms with Crippen LogP contribution in [0.3, 0.4) is 0 Å². The molecule has 2 aromatic carbocycles. The molecule has 0 aliphatic heterocycles. The van der Waals surface area contributed by atoms with E-state index in [0.29, 0.717) is 5.56 Å². The summed E-state index contributed by atoms with van der Waals surface area (Å²) in [6, 6.07) is 16.3. The van der Waals surface area contributed by atoms with Crippen molar-refractivity contribution in [2.24, 2.45) is 5.16 Å². The molecule has 0 saturated carbocycles. The molecule has 0 unspecified atom stereocenters. The van der Waals surface area contributed by atoms with Crippen molar-refractivity contribution in [2.45, 2.75) is 6.92 Å². The lowest BCUT2D eigenvalue weighted by Gasteiger charge is -2.05. The van der Waals surface area contributed by atoms with Gasteiger partial charge in [-0.1, -0.05) is 35.9 Å². The molecule has 2 aromatic rings. The van der Waals surface area contributed by atoms with Gasteiger partial charge in [-0.05, 0) is 36.3 Å². The molecule has 0 aliphatic rings. The quantitative estimate of drug-likeness (QED) is 0.372. The molecule has 0 fully saturated rings. The molecule has 0 spiro atoms. The Morgan fingerprint density at radius 3 is 2.20 bits per heavy atom. The van der Waals surface area contributed by atoms with E-state index in [1.165, 1.54) is 7.11 Å². The van der Waals surface area contributed by atoms with Crippen molar-refractivity contribution in [3.05, 3.63) is 71.3 Å². The van der Waals surface area contributed by atoms with Crippen LogP contribution in [0, 0.1) is 6.92 Å². The first-order valence-electron chi connectivity index (χ1n) is 6.16. The van der Waals surface area contributed by atoms with Crippen LogP contribution in [0.4, 0.5) is 0 Å². The number of hydrogen-bond acceptors (Lipinski definition) is 4. The highest BCUT2D eigenvalue weighted by Crippen LogP contribution is 2.07. The molecule has 0 saturated heterocycles. The van der Waals surface area contributed by atoms with E-state index in [1.54, 1.807) is 24.3 Å². The molecule has 4 nitrogen and oxygen atoms in total. The number of carbonyl (C=O) groups excluding carboxylic acids is 1. The van der Waals surface area contributed by atoms with Crippen LogP contribution in [-0.2, 0) is 9.57 Å². The first-order valence-corrected chi connectivity index (χ1v) is 6.16. The monoisotopic (exact) mass is 269 g/mol. The second-order valence-electron chi connectivity index (χ2n) is 4.21. The fourth-order valence-corrected chi connectivity index (χ4v) is 1.61. The topological polar surface area (TPSA) is 47.9 Å². The van der Waals surface area contributed by atoms with Crippen LogP contribution >= 0.6 is 0 Å². The number of carbonyl (C=O) groups is 1. The van der Waals surface area contributed by atoms with Crippen molar-refractivity contribution in [1.29, 1.82) is 0 Å². The average molecular weight is 269 g/mol. The summed E-state index contributed by atoms with van der Waals surface area (Å²) in [7, 11) is 1.48. The normalized spacial score (nSPS) is 11.0. The summed E-state index contributed by atoms with van der Waals surface area (Å²) in [4.78, 5) is 16.7. The third kappa shape index (κ3) is 3.45. The van der Waals surface area contributed by atoms with Crippen LogP contribution in [0.25, 0.3) is 0 Å². The average Bonchev–Trinajstić information content (AvgIpc) is 2.50. The minimum Gasteiger partial charge on any atom is -0.478 e. The maximum absolute atomic E-state index is 11.8. The van der Waals surface area contributed by atoms with Crippen molar-refractivity contribution >= 4 is 11.9 Å². The van der Waals surface area contributed by atoms with Gasteiger partial charge in [0.05, 0.1) is 12.7 Å². The summed E-state index contributed by atoms with van der Waals surface area (Å²) in [5.41, 5.74) is 2.32. The molecule has 20 heavy (non-hydrogen) atoms. The van der Waals surface area contributed by atoms with Crippen molar-refractivity contribution in [1.82, 2.24) is 0 Å². The van der Waals surface area contributed by atoms with E-state index in [1.807, 2.05) is 37.3 Å². The van der Waals surface area contributed by atoms with Crippen molar-refractivity contribution < 1.29 is 14.4 Å². The Hall–Kier alpha value is -2.62. The van der Waals surface area contributed by atoms with Crippen LogP contribution in [0.2, 0.25) is 0 Å². The van der Waals surface area contributed by atoms with Gasteiger partial charge >= 0.3 is 5.97 Å². The number of hydrogen-bond donors (Lipinski definition) is 0. The Morgan fingerprint density at radius 1 is 0.950 bits per heavy atom. The predicted molar refractivity (Wildman–Crippen MR) is 76.6 cm³/mol. The summed E-state index contributed by atoms with van der Waals surface area (Å²) in [5, 5.41) is 3.76. The van der Waals surface area contributed by atoms with Crippen LogP contribution in [0.15, 0.2) is 59.8 Å². The van der Waals surface area contributed by atoms with Crippen LogP contribution < -0.4 is 0 Å². The molecule has 0 heterocycles. The maximum Gasteiger partial charge on any atom is 0.365 e. The van der Waals surface area contributed by atoms with E-state index in [9.17, 15) is 4.79 Å². The molecule has 0 radical (unpaired) electrons. The van der Waals surface area contributed by atoms with Gasteiger partial charge in [0.15, 0.2) is 0 Å². The van der Waals surface area contributed by atoms with Gasteiger partial charge in [0.2, 0.25) is 0 Å². The number of aryl methyl sites for hydroxylation is 1. The summed E-state index contributed by atoms with van der Waals surface area (Å²) in [5.74, 6) is -0.262. The van der Waals surface area contributed by atoms with E-state index in [-0.39, 0.29) is 5.90 Å². The van der Waals surface area contributed by atoms with Crippen LogP contribution in [0.5, 0.6) is 0 Å². The molecular weight excluding hydrogens is 254 g/mol.